The molecule has 1 aromatic heterocycles. The zero-order chi connectivity index (χ0) is 14.2. The number of hydrogen-bond donors (Lipinski definition) is 1. The number of nitrogens with two attached hydrogens (primary N) is 1. The number of pyridine rings is 1. The summed E-state index contributed by atoms with van der Waals surface area (Å²) < 4.78 is 11.1. The maximum Gasteiger partial charge on any atom is 0.137 e. The lowest BCUT2D eigenvalue weighted by Gasteiger charge is -2.08. The molecule has 1 aromatic carbocycles. The molecule has 0 aliphatic rings. The maximum atomic E-state index is 5.61. The van der Waals surface area contributed by atoms with Gasteiger partial charge in [-0.3, -0.25) is 4.98 Å². The Morgan fingerprint density at radius 1 is 0.950 bits per heavy atom. The van der Waals surface area contributed by atoms with E-state index in [2.05, 4.69) is 4.98 Å². The van der Waals surface area contributed by atoms with Crippen molar-refractivity contribution in [1.82, 2.24) is 4.98 Å². The topological polar surface area (TPSA) is 57.4 Å². The van der Waals surface area contributed by atoms with Crippen LogP contribution in [0, 0.1) is 6.92 Å². The SMILES string of the molecule is Cc1ccc(OCCOc2ccc(CCN)cc2)cn1. The number of ether oxygens (including phenoxy) is 2. The second-order valence-corrected chi connectivity index (χ2v) is 4.51. The van der Waals surface area contributed by atoms with E-state index in [1.165, 1.54) is 5.56 Å². The van der Waals surface area contributed by atoms with E-state index in [1.807, 2.05) is 43.3 Å². The third-order valence-corrected chi connectivity index (χ3v) is 2.86. The smallest absolute Gasteiger partial charge is 0.137 e. The van der Waals surface area contributed by atoms with Crippen LogP contribution in [0.25, 0.3) is 0 Å². The first-order valence-electron chi connectivity index (χ1n) is 6.75. The first-order chi connectivity index (χ1) is 9.78. The van der Waals surface area contributed by atoms with E-state index in [9.17, 15) is 0 Å². The van der Waals surface area contributed by atoms with Gasteiger partial charge in [0.05, 0.1) is 6.20 Å². The van der Waals surface area contributed by atoms with Crippen molar-refractivity contribution in [3.8, 4) is 11.5 Å². The lowest BCUT2D eigenvalue weighted by Crippen LogP contribution is -2.09. The molecule has 0 radical (unpaired) electrons. The molecule has 0 saturated carbocycles. The summed E-state index contributed by atoms with van der Waals surface area (Å²) in [4.78, 5) is 4.17. The predicted octanol–water partition coefficient (Wildman–Crippen LogP) is 2.35. The Balaban J connectivity index is 1.71. The summed E-state index contributed by atoms with van der Waals surface area (Å²) in [5.74, 6) is 1.61. The standard InChI is InChI=1S/C16H20N2O2/c1-13-2-5-16(12-18-13)20-11-10-19-15-6-3-14(4-7-15)8-9-17/h2-7,12H,8-11,17H2,1H3. The normalized spacial score (nSPS) is 10.3. The van der Waals surface area contributed by atoms with Crippen LogP contribution in [-0.4, -0.2) is 24.7 Å². The van der Waals surface area contributed by atoms with E-state index in [0.29, 0.717) is 19.8 Å². The van der Waals surface area contributed by atoms with Crippen LogP contribution in [0.5, 0.6) is 11.5 Å². The molecule has 4 nitrogen and oxygen atoms in total. The molecule has 0 amide bonds. The number of nitrogens with zero attached hydrogens (tertiary/aromatic N) is 1. The highest BCUT2D eigenvalue weighted by molar-refractivity contribution is 5.27. The lowest BCUT2D eigenvalue weighted by molar-refractivity contribution is 0.216. The number of benzene rings is 1. The molecule has 0 saturated heterocycles. The molecule has 0 unspecified atom stereocenters. The summed E-state index contributed by atoms with van der Waals surface area (Å²) in [7, 11) is 0. The van der Waals surface area contributed by atoms with Gasteiger partial charge in [0.15, 0.2) is 0 Å². The van der Waals surface area contributed by atoms with Gasteiger partial charge >= 0.3 is 0 Å². The molecule has 0 bridgehead atoms. The lowest BCUT2D eigenvalue weighted by atomic mass is 10.1. The Labute approximate surface area is 119 Å². The van der Waals surface area contributed by atoms with Crippen LogP contribution in [0.1, 0.15) is 11.3 Å². The van der Waals surface area contributed by atoms with E-state index >= 15 is 0 Å². The highest BCUT2D eigenvalue weighted by Crippen LogP contribution is 2.13. The zero-order valence-corrected chi connectivity index (χ0v) is 11.7. The summed E-state index contributed by atoms with van der Waals surface area (Å²) in [5, 5.41) is 0. The van der Waals surface area contributed by atoms with E-state index in [-0.39, 0.29) is 0 Å². The fraction of sp³-hybridized carbons (Fsp3) is 0.312. The fourth-order valence-electron chi connectivity index (χ4n) is 1.78. The summed E-state index contributed by atoms with van der Waals surface area (Å²) >= 11 is 0. The molecule has 1 heterocycles. The monoisotopic (exact) mass is 272 g/mol. The molecular weight excluding hydrogens is 252 g/mol. The molecule has 0 spiro atoms. The summed E-state index contributed by atoms with van der Waals surface area (Å²) in [6.07, 6.45) is 2.61. The maximum absolute atomic E-state index is 5.61. The third-order valence-electron chi connectivity index (χ3n) is 2.86. The molecule has 2 N–H and O–H groups in total. The molecule has 0 fully saturated rings. The largest absolute Gasteiger partial charge is 0.490 e. The van der Waals surface area contributed by atoms with Crippen LogP contribution in [0.4, 0.5) is 0 Å². The second kappa shape index (κ2) is 7.50. The number of aryl methyl sites for hydroxylation is 1. The molecule has 0 aliphatic heterocycles. The van der Waals surface area contributed by atoms with Crippen molar-refractivity contribution in [3.05, 3.63) is 53.9 Å². The van der Waals surface area contributed by atoms with Crippen molar-refractivity contribution < 1.29 is 9.47 Å². The Morgan fingerprint density at radius 3 is 2.20 bits per heavy atom. The van der Waals surface area contributed by atoms with Crippen molar-refractivity contribution in [3.63, 3.8) is 0 Å². The molecule has 4 heteroatoms. The first-order valence-corrected chi connectivity index (χ1v) is 6.75. The van der Waals surface area contributed by atoms with Crippen molar-refractivity contribution in [2.45, 2.75) is 13.3 Å². The van der Waals surface area contributed by atoms with Gasteiger partial charge in [-0.25, -0.2) is 0 Å². The van der Waals surface area contributed by atoms with Gasteiger partial charge in [-0.1, -0.05) is 12.1 Å². The molecule has 2 rings (SSSR count). The Hall–Kier alpha value is -2.07. The molecule has 106 valence electrons. The van der Waals surface area contributed by atoms with Crippen LogP contribution >= 0.6 is 0 Å². The predicted molar refractivity (Wildman–Crippen MR) is 79.2 cm³/mol. The minimum atomic E-state index is 0.495. The van der Waals surface area contributed by atoms with Crippen LogP contribution in [0.2, 0.25) is 0 Å². The minimum Gasteiger partial charge on any atom is -0.490 e. The zero-order valence-electron chi connectivity index (χ0n) is 11.7. The van der Waals surface area contributed by atoms with Gasteiger partial charge in [0, 0.05) is 5.69 Å². The number of aromatic nitrogens is 1. The van der Waals surface area contributed by atoms with Gasteiger partial charge in [0.2, 0.25) is 0 Å². The van der Waals surface area contributed by atoms with Crippen LogP contribution in [-0.2, 0) is 6.42 Å². The third kappa shape index (κ3) is 4.55. The first kappa shape index (κ1) is 14.3. The van der Waals surface area contributed by atoms with Gasteiger partial charge in [-0.2, -0.15) is 0 Å². The van der Waals surface area contributed by atoms with E-state index in [0.717, 1.165) is 23.6 Å². The van der Waals surface area contributed by atoms with Gasteiger partial charge in [0.1, 0.15) is 24.7 Å². The van der Waals surface area contributed by atoms with E-state index in [1.54, 1.807) is 6.20 Å². The fourth-order valence-corrected chi connectivity index (χ4v) is 1.78. The average Bonchev–Trinajstić information content (AvgIpc) is 2.47. The highest BCUT2D eigenvalue weighted by Gasteiger charge is 1.97. The summed E-state index contributed by atoms with van der Waals surface area (Å²) in [5.41, 5.74) is 7.71. The van der Waals surface area contributed by atoms with Crippen molar-refractivity contribution >= 4 is 0 Å². The van der Waals surface area contributed by atoms with Crippen molar-refractivity contribution in [2.75, 3.05) is 19.8 Å². The second-order valence-electron chi connectivity index (χ2n) is 4.51. The number of hydrogen-bond acceptors (Lipinski definition) is 4. The quantitative estimate of drug-likeness (QED) is 0.786. The van der Waals surface area contributed by atoms with E-state index in [4.69, 9.17) is 15.2 Å². The Bertz CT molecular complexity index is 509. The molecule has 0 aliphatic carbocycles. The van der Waals surface area contributed by atoms with Gasteiger partial charge in [0.25, 0.3) is 0 Å². The minimum absolute atomic E-state index is 0.495. The molecule has 2 aromatic rings. The van der Waals surface area contributed by atoms with Crippen LogP contribution in [0.3, 0.4) is 0 Å². The summed E-state index contributed by atoms with van der Waals surface area (Å²) in [6, 6.07) is 11.8. The van der Waals surface area contributed by atoms with Crippen LogP contribution < -0.4 is 15.2 Å². The van der Waals surface area contributed by atoms with Crippen molar-refractivity contribution in [2.24, 2.45) is 5.73 Å². The molecular formula is C16H20N2O2. The van der Waals surface area contributed by atoms with Gasteiger partial charge in [-0.05, 0) is 49.7 Å². The van der Waals surface area contributed by atoms with E-state index < -0.39 is 0 Å². The average molecular weight is 272 g/mol. The van der Waals surface area contributed by atoms with Gasteiger partial charge in [-0.15, -0.1) is 0 Å². The van der Waals surface area contributed by atoms with Crippen molar-refractivity contribution in [1.29, 1.82) is 0 Å². The Kier molecular flexibility index (Phi) is 5.38. The summed E-state index contributed by atoms with van der Waals surface area (Å²) in [6.45, 7) is 3.61. The molecule has 20 heavy (non-hydrogen) atoms. The molecule has 0 atom stereocenters. The highest BCUT2D eigenvalue weighted by atomic mass is 16.5. The van der Waals surface area contributed by atoms with Gasteiger partial charge < -0.3 is 15.2 Å². The number of rotatable bonds is 7. The van der Waals surface area contributed by atoms with Crippen LogP contribution in [0.15, 0.2) is 42.6 Å². The Morgan fingerprint density at radius 2 is 1.60 bits per heavy atom.